The van der Waals surface area contributed by atoms with Crippen LogP contribution in [0, 0.1) is 0 Å². The molecule has 0 saturated heterocycles. The Morgan fingerprint density at radius 2 is 2.40 bits per heavy atom. The number of nitrogens with zero attached hydrogens (tertiary/aromatic N) is 3. The largest absolute Gasteiger partial charge is 0.351 e. The second kappa shape index (κ2) is 4.57. The molecule has 1 aromatic heterocycles. The molecule has 7 nitrogen and oxygen atoms in total. The third-order valence-corrected chi connectivity index (χ3v) is 2.08. The molecule has 1 heterocycles. The zero-order valence-electron chi connectivity index (χ0n) is 8.40. The van der Waals surface area contributed by atoms with Gasteiger partial charge in [0.15, 0.2) is 0 Å². The summed E-state index contributed by atoms with van der Waals surface area (Å²) in [5.74, 6) is 0. The van der Waals surface area contributed by atoms with Gasteiger partial charge in [-0.15, -0.1) is 0 Å². The van der Waals surface area contributed by atoms with Crippen LogP contribution < -0.4 is 5.69 Å². The van der Waals surface area contributed by atoms with Gasteiger partial charge in [-0.1, -0.05) is 6.08 Å². The second-order valence-electron chi connectivity index (χ2n) is 2.87. The van der Waals surface area contributed by atoms with Crippen molar-refractivity contribution >= 4 is 13.8 Å². The van der Waals surface area contributed by atoms with Gasteiger partial charge in [0.05, 0.1) is 0 Å². The molecule has 1 N–H and O–H groups in total. The van der Waals surface area contributed by atoms with Crippen LogP contribution in [-0.2, 0) is 15.8 Å². The Bertz CT molecular complexity index is 455. The Morgan fingerprint density at radius 1 is 1.73 bits per heavy atom. The van der Waals surface area contributed by atoms with Gasteiger partial charge in [-0.2, -0.15) is 9.78 Å². The van der Waals surface area contributed by atoms with Crippen LogP contribution in [-0.4, -0.2) is 25.9 Å². The molecule has 0 aliphatic rings. The molecule has 0 aromatic carbocycles. The van der Waals surface area contributed by atoms with Crippen molar-refractivity contribution in [3.8, 4) is 0 Å². The maximum Gasteiger partial charge on any atom is 0.351 e. The third kappa shape index (κ3) is 3.47. The van der Waals surface area contributed by atoms with Crippen molar-refractivity contribution in [3.05, 3.63) is 22.9 Å². The lowest BCUT2D eigenvalue weighted by Gasteiger charge is -2.05. The third-order valence-electron chi connectivity index (χ3n) is 1.48. The van der Waals surface area contributed by atoms with Crippen molar-refractivity contribution in [2.75, 3.05) is 6.66 Å². The predicted octanol–water partition coefficient (Wildman–Crippen LogP) is 0.325. The first-order chi connectivity index (χ1) is 6.94. The minimum atomic E-state index is -3.57. The number of hydrogen-bond donors (Lipinski definition) is 1. The minimum absolute atomic E-state index is 0.291. The molecule has 1 atom stereocenters. The molecule has 0 spiro atoms. The normalized spacial score (nSPS) is 15.7. The molecule has 84 valence electrons. The van der Waals surface area contributed by atoms with Crippen molar-refractivity contribution in [1.29, 1.82) is 0 Å². The summed E-state index contributed by atoms with van der Waals surface area (Å²) in [4.78, 5) is 20.3. The highest BCUT2D eigenvalue weighted by molar-refractivity contribution is 7.51. The zero-order chi connectivity index (χ0) is 11.5. The lowest BCUT2D eigenvalue weighted by atomic mass is 10.7. The van der Waals surface area contributed by atoms with E-state index >= 15 is 0 Å². The number of allylic oxidation sites excluding steroid dienone is 1. The molecule has 0 amide bonds. The van der Waals surface area contributed by atoms with E-state index in [9.17, 15) is 9.36 Å². The molecule has 0 fully saturated rings. The lowest BCUT2D eigenvalue weighted by Crippen LogP contribution is -2.22. The van der Waals surface area contributed by atoms with Crippen LogP contribution >= 0.6 is 7.60 Å². The Hall–Kier alpha value is -1.17. The van der Waals surface area contributed by atoms with Crippen molar-refractivity contribution < 1.29 is 14.0 Å². The van der Waals surface area contributed by atoms with E-state index in [1.54, 1.807) is 13.0 Å². The van der Waals surface area contributed by atoms with Gasteiger partial charge in [0.2, 0.25) is 0 Å². The Balaban J connectivity index is 2.80. The smallest absolute Gasteiger partial charge is 0.324 e. The first-order valence-electron chi connectivity index (χ1n) is 4.15. The van der Waals surface area contributed by atoms with E-state index in [2.05, 4.69) is 9.62 Å². The molecule has 0 aliphatic heterocycles. The van der Waals surface area contributed by atoms with Gasteiger partial charge >= 0.3 is 13.3 Å². The zero-order valence-corrected chi connectivity index (χ0v) is 9.29. The maximum atomic E-state index is 11.4. The van der Waals surface area contributed by atoms with E-state index < -0.39 is 13.3 Å². The molecular formula is C7H12N3O4P. The fourth-order valence-corrected chi connectivity index (χ4v) is 1.19. The van der Waals surface area contributed by atoms with Crippen LogP contribution in [0.2, 0.25) is 0 Å². The first kappa shape index (κ1) is 11.9. The molecule has 0 radical (unpaired) electrons. The molecule has 1 rings (SSSR count). The summed E-state index contributed by atoms with van der Waals surface area (Å²) < 4.78 is 17.6. The van der Waals surface area contributed by atoms with Crippen molar-refractivity contribution in [2.24, 2.45) is 0 Å². The summed E-state index contributed by atoms with van der Waals surface area (Å²) >= 11 is 0. The highest BCUT2D eigenvalue weighted by Crippen LogP contribution is 2.36. The summed E-state index contributed by atoms with van der Waals surface area (Å²) in [6, 6.07) is 0. The van der Waals surface area contributed by atoms with Gasteiger partial charge in [0, 0.05) is 12.9 Å². The van der Waals surface area contributed by atoms with Crippen LogP contribution in [0.25, 0.3) is 6.20 Å². The van der Waals surface area contributed by atoms with E-state index in [1.807, 2.05) is 0 Å². The molecule has 1 aromatic rings. The predicted molar refractivity (Wildman–Crippen MR) is 54.3 cm³/mol. The van der Waals surface area contributed by atoms with E-state index in [1.165, 1.54) is 12.5 Å². The second-order valence-corrected chi connectivity index (χ2v) is 4.74. The maximum absolute atomic E-state index is 11.4. The van der Waals surface area contributed by atoms with Gasteiger partial charge in [-0.3, -0.25) is 13.7 Å². The van der Waals surface area contributed by atoms with Crippen molar-refractivity contribution in [3.63, 3.8) is 0 Å². The summed E-state index contributed by atoms with van der Waals surface area (Å²) in [7, 11) is -3.57. The molecular weight excluding hydrogens is 221 g/mol. The molecule has 1 unspecified atom stereocenters. The van der Waals surface area contributed by atoms with Crippen LogP contribution in [0.1, 0.15) is 6.92 Å². The van der Waals surface area contributed by atoms with E-state index in [0.717, 1.165) is 15.9 Å². The summed E-state index contributed by atoms with van der Waals surface area (Å²) in [5.41, 5.74) is -0.429. The fourth-order valence-electron chi connectivity index (χ4n) is 0.850. The van der Waals surface area contributed by atoms with E-state index in [0.29, 0.717) is 0 Å². The van der Waals surface area contributed by atoms with E-state index in [-0.39, 0.29) is 6.73 Å². The molecule has 8 heteroatoms. The van der Waals surface area contributed by atoms with Gasteiger partial charge in [0.25, 0.3) is 0 Å². The Labute approximate surface area is 86.1 Å². The van der Waals surface area contributed by atoms with Crippen molar-refractivity contribution in [2.45, 2.75) is 13.7 Å². The SMILES string of the molecule is C/C=C\n1ncn(COP(C)(=O)O)c1=O. The van der Waals surface area contributed by atoms with Crippen LogP contribution in [0.3, 0.4) is 0 Å². The Kier molecular flexibility index (Phi) is 3.62. The van der Waals surface area contributed by atoms with Crippen LogP contribution in [0.5, 0.6) is 0 Å². The van der Waals surface area contributed by atoms with Gasteiger partial charge < -0.3 is 4.89 Å². The summed E-state index contributed by atoms with van der Waals surface area (Å²) in [6.45, 7) is 2.50. The fraction of sp³-hybridized carbons (Fsp3) is 0.429. The molecule has 15 heavy (non-hydrogen) atoms. The number of aromatic nitrogens is 3. The quantitative estimate of drug-likeness (QED) is 0.757. The average Bonchev–Trinajstić information content (AvgIpc) is 2.45. The van der Waals surface area contributed by atoms with Crippen LogP contribution in [0.4, 0.5) is 0 Å². The highest BCUT2D eigenvalue weighted by Gasteiger charge is 2.11. The van der Waals surface area contributed by atoms with Gasteiger partial charge in [-0.05, 0) is 6.92 Å². The van der Waals surface area contributed by atoms with E-state index in [4.69, 9.17) is 4.89 Å². The van der Waals surface area contributed by atoms with Gasteiger partial charge in [0.1, 0.15) is 13.1 Å². The monoisotopic (exact) mass is 233 g/mol. The molecule has 0 saturated carbocycles. The van der Waals surface area contributed by atoms with Gasteiger partial charge in [-0.25, -0.2) is 4.79 Å². The standard InChI is InChI=1S/C7H12N3O4P/c1-3-4-10-7(11)9(5-8-10)6-14-15(2,12)13/h3-5H,6H2,1-2H3,(H,12,13)/b4-3-. The summed E-state index contributed by atoms with van der Waals surface area (Å²) in [5, 5.41) is 3.74. The average molecular weight is 233 g/mol. The first-order valence-corrected chi connectivity index (χ1v) is 6.18. The lowest BCUT2D eigenvalue weighted by molar-refractivity contribution is 0.201. The highest BCUT2D eigenvalue weighted by atomic mass is 31.2. The molecule has 0 aliphatic carbocycles. The molecule has 0 bridgehead atoms. The Morgan fingerprint density at radius 3 is 2.93 bits per heavy atom. The number of rotatable bonds is 4. The van der Waals surface area contributed by atoms with Crippen molar-refractivity contribution in [1.82, 2.24) is 14.3 Å². The number of hydrogen-bond acceptors (Lipinski definition) is 4. The summed E-state index contributed by atoms with van der Waals surface area (Å²) in [6.07, 6.45) is 4.36. The topological polar surface area (TPSA) is 86.3 Å². The minimum Gasteiger partial charge on any atom is -0.324 e. The van der Waals surface area contributed by atoms with Crippen LogP contribution in [0.15, 0.2) is 17.2 Å².